The lowest BCUT2D eigenvalue weighted by Crippen LogP contribution is -1.94. The molecule has 1 nitrogen and oxygen atoms in total. The second-order valence-corrected chi connectivity index (χ2v) is 4.97. The minimum Gasteiger partial charge on any atom is -0.355 e. The number of hydrogen-bond donors (Lipinski definition) is 1. The van der Waals surface area contributed by atoms with Crippen LogP contribution in [0.1, 0.15) is 37.3 Å². The standard InChI is InChI=1S/C19H21N/c1-3-5-6-9-16-12-14-18(15-13-16)20-19-11-8-7-10-17(19)4-2/h2,7-8,10-15,20H,3,5-6,9H2,1H3. The molecule has 20 heavy (non-hydrogen) atoms. The second-order valence-electron chi connectivity index (χ2n) is 4.97. The van der Waals surface area contributed by atoms with Crippen LogP contribution < -0.4 is 5.32 Å². The molecule has 0 saturated heterocycles. The van der Waals surface area contributed by atoms with Crippen LogP contribution in [0.15, 0.2) is 48.5 Å². The van der Waals surface area contributed by atoms with E-state index in [0.717, 1.165) is 23.4 Å². The first-order chi connectivity index (χ1) is 9.83. The van der Waals surface area contributed by atoms with Gasteiger partial charge in [0.2, 0.25) is 0 Å². The highest BCUT2D eigenvalue weighted by Gasteiger charge is 2.00. The fraction of sp³-hybridized carbons (Fsp3) is 0.263. The largest absolute Gasteiger partial charge is 0.355 e. The molecule has 0 aliphatic carbocycles. The van der Waals surface area contributed by atoms with Crippen LogP contribution in [-0.4, -0.2) is 0 Å². The SMILES string of the molecule is C#Cc1ccccc1Nc1ccc(CCCCC)cc1. The van der Waals surface area contributed by atoms with E-state index in [9.17, 15) is 0 Å². The lowest BCUT2D eigenvalue weighted by Gasteiger charge is -2.09. The summed E-state index contributed by atoms with van der Waals surface area (Å²) in [7, 11) is 0. The van der Waals surface area contributed by atoms with Gasteiger partial charge in [-0.05, 0) is 42.7 Å². The van der Waals surface area contributed by atoms with Crippen molar-refractivity contribution in [1.82, 2.24) is 0 Å². The van der Waals surface area contributed by atoms with Crippen LogP contribution in [0, 0.1) is 12.3 Å². The highest BCUT2D eigenvalue weighted by molar-refractivity contribution is 5.66. The summed E-state index contributed by atoms with van der Waals surface area (Å²) in [6, 6.07) is 16.5. The van der Waals surface area contributed by atoms with Gasteiger partial charge in [-0.25, -0.2) is 0 Å². The molecule has 0 aliphatic heterocycles. The van der Waals surface area contributed by atoms with Gasteiger partial charge in [0, 0.05) is 11.3 Å². The Balaban J connectivity index is 2.02. The maximum Gasteiger partial charge on any atom is 0.0543 e. The fourth-order valence-corrected chi connectivity index (χ4v) is 2.21. The molecule has 0 aromatic heterocycles. The number of terminal acetylenes is 1. The summed E-state index contributed by atoms with van der Waals surface area (Å²) in [5.74, 6) is 2.70. The van der Waals surface area contributed by atoms with Crippen LogP contribution >= 0.6 is 0 Å². The summed E-state index contributed by atoms with van der Waals surface area (Å²) < 4.78 is 0. The molecule has 0 amide bonds. The molecule has 0 atom stereocenters. The van der Waals surface area contributed by atoms with E-state index in [-0.39, 0.29) is 0 Å². The molecule has 0 fully saturated rings. The van der Waals surface area contributed by atoms with E-state index in [0.29, 0.717) is 0 Å². The van der Waals surface area contributed by atoms with Crippen LogP contribution in [0.3, 0.4) is 0 Å². The summed E-state index contributed by atoms with van der Waals surface area (Å²) >= 11 is 0. The number of aryl methyl sites for hydroxylation is 1. The number of anilines is 2. The van der Waals surface area contributed by atoms with Gasteiger partial charge in [-0.2, -0.15) is 0 Å². The number of unbranched alkanes of at least 4 members (excludes halogenated alkanes) is 2. The first kappa shape index (κ1) is 14.2. The van der Waals surface area contributed by atoms with Gasteiger partial charge in [-0.3, -0.25) is 0 Å². The van der Waals surface area contributed by atoms with E-state index >= 15 is 0 Å². The zero-order valence-electron chi connectivity index (χ0n) is 12.0. The maximum absolute atomic E-state index is 5.51. The Morgan fingerprint density at radius 3 is 2.45 bits per heavy atom. The molecule has 2 rings (SSSR count). The molecule has 102 valence electrons. The monoisotopic (exact) mass is 263 g/mol. The van der Waals surface area contributed by atoms with Gasteiger partial charge in [-0.15, -0.1) is 6.42 Å². The number of rotatable bonds is 6. The molecule has 0 spiro atoms. The molecule has 0 aliphatic rings. The molecule has 0 unspecified atom stereocenters. The van der Waals surface area contributed by atoms with E-state index in [1.54, 1.807) is 0 Å². The molecule has 1 N–H and O–H groups in total. The Hall–Kier alpha value is -2.20. The van der Waals surface area contributed by atoms with Gasteiger partial charge in [0.1, 0.15) is 0 Å². The van der Waals surface area contributed by atoms with Crippen LogP contribution in [0.4, 0.5) is 11.4 Å². The molecule has 2 aromatic rings. The zero-order chi connectivity index (χ0) is 14.2. The Labute approximate surface area is 122 Å². The number of hydrogen-bond acceptors (Lipinski definition) is 1. The van der Waals surface area contributed by atoms with Gasteiger partial charge in [0.05, 0.1) is 5.69 Å². The lowest BCUT2D eigenvalue weighted by molar-refractivity contribution is 0.717. The quantitative estimate of drug-likeness (QED) is 0.562. The zero-order valence-corrected chi connectivity index (χ0v) is 12.0. The van der Waals surface area contributed by atoms with E-state index in [1.165, 1.54) is 24.8 Å². The van der Waals surface area contributed by atoms with Crippen molar-refractivity contribution in [3.8, 4) is 12.3 Å². The van der Waals surface area contributed by atoms with E-state index in [1.807, 2.05) is 24.3 Å². The van der Waals surface area contributed by atoms with Crippen molar-refractivity contribution < 1.29 is 0 Å². The number of benzene rings is 2. The third-order valence-corrected chi connectivity index (χ3v) is 3.38. The van der Waals surface area contributed by atoms with Gasteiger partial charge in [-0.1, -0.05) is 50.0 Å². The topological polar surface area (TPSA) is 12.0 Å². The third kappa shape index (κ3) is 3.90. The van der Waals surface area contributed by atoms with Gasteiger partial charge in [0.15, 0.2) is 0 Å². The predicted molar refractivity (Wildman–Crippen MR) is 87.3 cm³/mol. The first-order valence-corrected chi connectivity index (χ1v) is 7.25. The van der Waals surface area contributed by atoms with E-state index < -0.39 is 0 Å². The van der Waals surface area contributed by atoms with Crippen molar-refractivity contribution in [3.63, 3.8) is 0 Å². The predicted octanol–water partition coefficient (Wildman–Crippen LogP) is 5.14. The maximum atomic E-state index is 5.51. The normalized spacial score (nSPS) is 10.0. The molecule has 1 heteroatoms. The Bertz CT molecular complexity index is 575. The van der Waals surface area contributed by atoms with Gasteiger partial charge < -0.3 is 5.32 Å². The van der Waals surface area contributed by atoms with E-state index in [2.05, 4.69) is 42.4 Å². The molecular weight excluding hydrogens is 242 g/mol. The van der Waals surface area contributed by atoms with Crippen molar-refractivity contribution >= 4 is 11.4 Å². The van der Waals surface area contributed by atoms with Crippen LogP contribution in [0.5, 0.6) is 0 Å². The van der Waals surface area contributed by atoms with Crippen molar-refractivity contribution in [2.45, 2.75) is 32.6 Å². The molecule has 0 bridgehead atoms. The highest BCUT2D eigenvalue weighted by atomic mass is 14.9. The minimum absolute atomic E-state index is 0.888. The average Bonchev–Trinajstić information content (AvgIpc) is 2.50. The molecule has 0 heterocycles. The third-order valence-electron chi connectivity index (χ3n) is 3.38. The summed E-state index contributed by atoms with van der Waals surface area (Å²) in [6.07, 6.45) is 10.5. The van der Waals surface area contributed by atoms with Crippen molar-refractivity contribution in [3.05, 3.63) is 59.7 Å². The first-order valence-electron chi connectivity index (χ1n) is 7.25. The minimum atomic E-state index is 0.888. The molecular formula is C19H21N. The van der Waals surface area contributed by atoms with Crippen molar-refractivity contribution in [2.75, 3.05) is 5.32 Å². The van der Waals surface area contributed by atoms with Gasteiger partial charge >= 0.3 is 0 Å². The van der Waals surface area contributed by atoms with Gasteiger partial charge in [0.25, 0.3) is 0 Å². The van der Waals surface area contributed by atoms with E-state index in [4.69, 9.17) is 6.42 Å². The Morgan fingerprint density at radius 2 is 1.75 bits per heavy atom. The summed E-state index contributed by atoms with van der Waals surface area (Å²) in [5.41, 5.74) is 4.34. The molecule has 0 radical (unpaired) electrons. The number of nitrogens with one attached hydrogen (secondary N) is 1. The van der Waals surface area contributed by atoms with Crippen LogP contribution in [0.2, 0.25) is 0 Å². The summed E-state index contributed by atoms with van der Waals surface area (Å²) in [4.78, 5) is 0. The highest BCUT2D eigenvalue weighted by Crippen LogP contribution is 2.21. The Morgan fingerprint density at radius 1 is 1.00 bits per heavy atom. The molecule has 0 saturated carbocycles. The van der Waals surface area contributed by atoms with Crippen molar-refractivity contribution in [1.29, 1.82) is 0 Å². The number of para-hydroxylation sites is 1. The van der Waals surface area contributed by atoms with Crippen LogP contribution in [0.25, 0.3) is 0 Å². The summed E-state index contributed by atoms with van der Waals surface area (Å²) in [5, 5.41) is 3.38. The summed E-state index contributed by atoms with van der Waals surface area (Å²) in [6.45, 7) is 2.23. The molecule has 2 aromatic carbocycles. The Kier molecular flexibility index (Phi) is 5.26. The lowest BCUT2D eigenvalue weighted by atomic mass is 10.1. The average molecular weight is 263 g/mol. The second kappa shape index (κ2) is 7.40. The fourth-order valence-electron chi connectivity index (χ4n) is 2.21. The van der Waals surface area contributed by atoms with Crippen LogP contribution in [-0.2, 0) is 6.42 Å². The smallest absolute Gasteiger partial charge is 0.0543 e. The van der Waals surface area contributed by atoms with Crippen molar-refractivity contribution in [2.24, 2.45) is 0 Å².